The van der Waals surface area contributed by atoms with Crippen LogP contribution in [0.25, 0.3) is 0 Å². The van der Waals surface area contributed by atoms with Crippen LogP contribution in [0.1, 0.15) is 15.9 Å². The van der Waals surface area contributed by atoms with Crippen LogP contribution in [-0.2, 0) is 11.0 Å². The summed E-state index contributed by atoms with van der Waals surface area (Å²) in [5, 5.41) is 2.35. The first-order chi connectivity index (χ1) is 16.3. The normalized spacial score (nSPS) is 16.2. The number of amides is 2. The maximum atomic E-state index is 13.1. The van der Waals surface area contributed by atoms with E-state index in [-0.39, 0.29) is 18.1 Å². The van der Waals surface area contributed by atoms with Crippen molar-refractivity contribution in [2.24, 2.45) is 0 Å². The molecule has 182 valence electrons. The van der Waals surface area contributed by atoms with Crippen molar-refractivity contribution >= 4 is 17.5 Å². The molecular formula is C23H24F3N3O5. The molecule has 4 rings (SSSR count). The van der Waals surface area contributed by atoms with Gasteiger partial charge in [0.2, 0.25) is 11.7 Å². The number of benzene rings is 2. The zero-order chi connectivity index (χ0) is 24.3. The molecule has 8 nitrogen and oxygen atoms in total. The number of rotatable bonds is 5. The molecule has 0 atom stereocenters. The Bertz CT molecular complexity index is 1050. The zero-order valence-electron chi connectivity index (χ0n) is 18.5. The Hall–Kier alpha value is -3.47. The van der Waals surface area contributed by atoms with Gasteiger partial charge in [0.05, 0.1) is 24.9 Å². The first-order valence-electron chi connectivity index (χ1n) is 10.7. The molecule has 2 aliphatic rings. The third-order valence-corrected chi connectivity index (χ3v) is 5.61. The summed E-state index contributed by atoms with van der Waals surface area (Å²) in [6.07, 6.45) is -4.56. The standard InChI is InChI=1S/C23H24F3N3O5/c1-32-18-12-15(13-19-21(18)34-11-10-33-19)22(31)29-8-6-28(7-9-29)14-20(30)27-17-5-3-2-4-16(17)23(24,25)26/h2-5,12-13H,6-11,14H2,1H3,(H,27,30). The van der Waals surface area contributed by atoms with Gasteiger partial charge in [-0.15, -0.1) is 0 Å². The van der Waals surface area contributed by atoms with Crippen molar-refractivity contribution in [1.29, 1.82) is 0 Å². The lowest BCUT2D eigenvalue weighted by Crippen LogP contribution is -2.50. The predicted molar refractivity (Wildman–Crippen MR) is 116 cm³/mol. The summed E-state index contributed by atoms with van der Waals surface area (Å²) in [5.41, 5.74) is -0.772. The number of anilines is 1. The molecule has 1 N–H and O–H groups in total. The van der Waals surface area contributed by atoms with Crippen LogP contribution < -0.4 is 19.5 Å². The van der Waals surface area contributed by atoms with E-state index in [2.05, 4.69) is 5.32 Å². The maximum absolute atomic E-state index is 13.1. The topological polar surface area (TPSA) is 80.3 Å². The van der Waals surface area contributed by atoms with Gasteiger partial charge in [0.25, 0.3) is 5.91 Å². The van der Waals surface area contributed by atoms with Crippen LogP contribution in [-0.4, -0.2) is 74.7 Å². The highest BCUT2D eigenvalue weighted by Gasteiger charge is 2.34. The summed E-state index contributed by atoms with van der Waals surface area (Å²) < 4.78 is 55.9. The first kappa shape index (κ1) is 23.7. The van der Waals surface area contributed by atoms with E-state index in [4.69, 9.17) is 14.2 Å². The van der Waals surface area contributed by atoms with Gasteiger partial charge in [0, 0.05) is 31.7 Å². The predicted octanol–water partition coefficient (Wildman–Crippen LogP) is 2.88. The summed E-state index contributed by atoms with van der Waals surface area (Å²) in [6.45, 7) is 2.23. The fourth-order valence-electron chi connectivity index (χ4n) is 3.92. The Morgan fingerprint density at radius 3 is 2.47 bits per heavy atom. The van der Waals surface area contributed by atoms with Crippen LogP contribution in [0.15, 0.2) is 36.4 Å². The second kappa shape index (κ2) is 9.80. The van der Waals surface area contributed by atoms with Gasteiger partial charge < -0.3 is 24.4 Å². The third-order valence-electron chi connectivity index (χ3n) is 5.61. The zero-order valence-corrected chi connectivity index (χ0v) is 18.5. The Labute approximate surface area is 194 Å². The Morgan fingerprint density at radius 2 is 1.76 bits per heavy atom. The van der Waals surface area contributed by atoms with E-state index < -0.39 is 17.6 Å². The van der Waals surface area contributed by atoms with Gasteiger partial charge in [0.15, 0.2) is 11.5 Å². The highest BCUT2D eigenvalue weighted by atomic mass is 19.4. The highest BCUT2D eigenvalue weighted by molar-refractivity contribution is 5.96. The average molecular weight is 479 g/mol. The molecule has 2 heterocycles. The Balaban J connectivity index is 1.34. The molecule has 1 fully saturated rings. The number of alkyl halides is 3. The molecule has 0 radical (unpaired) electrons. The number of nitrogens with zero attached hydrogens (tertiary/aromatic N) is 2. The largest absolute Gasteiger partial charge is 0.493 e. The molecule has 0 unspecified atom stereocenters. The molecule has 34 heavy (non-hydrogen) atoms. The van der Waals surface area contributed by atoms with Gasteiger partial charge in [-0.2, -0.15) is 13.2 Å². The SMILES string of the molecule is COc1cc(C(=O)N2CCN(CC(=O)Nc3ccccc3C(F)(F)F)CC2)cc2c1OCCO2. The Kier molecular flexibility index (Phi) is 6.82. The number of piperazine rings is 1. The van der Waals surface area contributed by atoms with Gasteiger partial charge in [-0.05, 0) is 24.3 Å². The van der Waals surface area contributed by atoms with E-state index in [1.807, 2.05) is 0 Å². The van der Waals surface area contributed by atoms with E-state index in [9.17, 15) is 22.8 Å². The number of nitrogens with one attached hydrogen (secondary N) is 1. The second-order valence-corrected chi connectivity index (χ2v) is 7.86. The minimum atomic E-state index is -4.56. The van der Waals surface area contributed by atoms with Crippen molar-refractivity contribution in [2.45, 2.75) is 6.18 Å². The summed E-state index contributed by atoms with van der Waals surface area (Å²) in [4.78, 5) is 28.8. The van der Waals surface area contributed by atoms with Crippen LogP contribution in [0.3, 0.4) is 0 Å². The minimum Gasteiger partial charge on any atom is -0.493 e. The molecule has 0 spiro atoms. The number of ether oxygens (including phenoxy) is 3. The van der Waals surface area contributed by atoms with Crippen LogP contribution in [0.2, 0.25) is 0 Å². The number of methoxy groups -OCH3 is 1. The molecule has 2 aromatic carbocycles. The van der Waals surface area contributed by atoms with E-state index in [0.717, 1.165) is 6.07 Å². The van der Waals surface area contributed by atoms with Crippen LogP contribution in [0, 0.1) is 0 Å². The molecule has 2 amide bonds. The molecule has 0 saturated carbocycles. The fourth-order valence-corrected chi connectivity index (χ4v) is 3.92. The van der Waals surface area contributed by atoms with Crippen LogP contribution >= 0.6 is 0 Å². The number of halogens is 3. The summed E-state index contributed by atoms with van der Waals surface area (Å²) in [7, 11) is 1.48. The van der Waals surface area contributed by atoms with Gasteiger partial charge in [-0.1, -0.05) is 12.1 Å². The molecule has 0 aromatic heterocycles. The molecule has 0 aliphatic carbocycles. The Morgan fingerprint density at radius 1 is 1.06 bits per heavy atom. The lowest BCUT2D eigenvalue weighted by atomic mass is 10.1. The number of hydrogen-bond donors (Lipinski definition) is 1. The second-order valence-electron chi connectivity index (χ2n) is 7.86. The van der Waals surface area contributed by atoms with Crippen molar-refractivity contribution in [1.82, 2.24) is 9.80 Å². The molecule has 11 heteroatoms. The third kappa shape index (κ3) is 5.19. The molecule has 1 saturated heterocycles. The van der Waals surface area contributed by atoms with Gasteiger partial charge in [0.1, 0.15) is 13.2 Å². The molecular weight excluding hydrogens is 455 g/mol. The molecule has 2 aromatic rings. The van der Waals surface area contributed by atoms with Gasteiger partial charge in [-0.3, -0.25) is 14.5 Å². The first-order valence-corrected chi connectivity index (χ1v) is 10.7. The summed E-state index contributed by atoms with van der Waals surface area (Å²) in [5.74, 6) is 0.568. The highest BCUT2D eigenvalue weighted by Crippen LogP contribution is 2.40. The van der Waals surface area contributed by atoms with Crippen molar-refractivity contribution in [3.8, 4) is 17.2 Å². The number of hydrogen-bond acceptors (Lipinski definition) is 6. The summed E-state index contributed by atoms with van der Waals surface area (Å²) in [6, 6.07) is 8.07. The number of para-hydroxylation sites is 1. The lowest BCUT2D eigenvalue weighted by molar-refractivity contribution is -0.137. The minimum absolute atomic E-state index is 0.0773. The van der Waals surface area contributed by atoms with Crippen molar-refractivity contribution < 1.29 is 37.0 Å². The van der Waals surface area contributed by atoms with Crippen LogP contribution in [0.5, 0.6) is 17.2 Å². The van der Waals surface area contributed by atoms with E-state index in [0.29, 0.717) is 62.2 Å². The summed E-state index contributed by atoms with van der Waals surface area (Å²) >= 11 is 0. The van der Waals surface area contributed by atoms with E-state index in [1.54, 1.807) is 21.9 Å². The van der Waals surface area contributed by atoms with Gasteiger partial charge >= 0.3 is 6.18 Å². The van der Waals surface area contributed by atoms with Crippen molar-refractivity contribution in [3.05, 3.63) is 47.5 Å². The number of fused-ring (bicyclic) bond motifs is 1. The van der Waals surface area contributed by atoms with Crippen LogP contribution in [0.4, 0.5) is 18.9 Å². The van der Waals surface area contributed by atoms with Gasteiger partial charge in [-0.25, -0.2) is 0 Å². The molecule has 0 bridgehead atoms. The van der Waals surface area contributed by atoms with E-state index in [1.165, 1.54) is 25.3 Å². The quantitative estimate of drug-likeness (QED) is 0.711. The fraction of sp³-hybridized carbons (Fsp3) is 0.391. The van der Waals surface area contributed by atoms with E-state index >= 15 is 0 Å². The number of carbonyl (C=O) groups excluding carboxylic acids is 2. The van der Waals surface area contributed by atoms with Crippen molar-refractivity contribution in [3.63, 3.8) is 0 Å². The molecule has 2 aliphatic heterocycles. The van der Waals surface area contributed by atoms with Crippen molar-refractivity contribution in [2.75, 3.05) is 58.4 Å². The maximum Gasteiger partial charge on any atom is 0.418 e. The number of carbonyl (C=O) groups is 2. The smallest absolute Gasteiger partial charge is 0.418 e. The average Bonchev–Trinajstić information content (AvgIpc) is 2.83. The lowest BCUT2D eigenvalue weighted by Gasteiger charge is -2.34. The monoisotopic (exact) mass is 479 g/mol.